The van der Waals surface area contributed by atoms with Crippen LogP contribution in [0.1, 0.15) is 29.8 Å². The van der Waals surface area contributed by atoms with Gasteiger partial charge in [-0.2, -0.15) is 4.31 Å². The molecule has 3 aromatic carbocycles. The molecule has 4 rings (SSSR count). The number of amides is 1. The van der Waals surface area contributed by atoms with Gasteiger partial charge in [-0.3, -0.25) is 4.79 Å². The molecule has 0 radical (unpaired) electrons. The van der Waals surface area contributed by atoms with Gasteiger partial charge >= 0.3 is 0 Å². The van der Waals surface area contributed by atoms with Crippen LogP contribution < -0.4 is 5.32 Å². The maximum absolute atomic E-state index is 13.1. The van der Waals surface area contributed by atoms with E-state index in [-0.39, 0.29) is 16.4 Å². The Morgan fingerprint density at radius 3 is 2.42 bits per heavy atom. The fraction of sp³-hybridized carbons (Fsp3) is 0.200. The van der Waals surface area contributed by atoms with E-state index in [1.165, 1.54) is 10.4 Å². The third kappa shape index (κ3) is 4.55. The summed E-state index contributed by atoms with van der Waals surface area (Å²) < 4.78 is 28.6. The maximum atomic E-state index is 13.1. The Labute approximate surface area is 198 Å². The van der Waals surface area contributed by atoms with Crippen molar-refractivity contribution in [3.05, 3.63) is 77.9 Å². The molecule has 1 N–H and O–H groups in total. The first-order chi connectivity index (χ1) is 15.8. The lowest BCUT2D eigenvalue weighted by molar-refractivity contribution is 0.102. The predicted octanol–water partition coefficient (Wildman–Crippen LogP) is 5.55. The number of rotatable bonds is 7. The summed E-state index contributed by atoms with van der Waals surface area (Å²) in [7, 11) is -3.68. The molecule has 1 heterocycles. The number of nitrogens with zero attached hydrogens (tertiary/aromatic N) is 2. The molecule has 33 heavy (non-hydrogen) atoms. The number of para-hydroxylation sites is 2. The van der Waals surface area contributed by atoms with E-state index >= 15 is 0 Å². The zero-order valence-corrected chi connectivity index (χ0v) is 20.3. The molecule has 0 saturated carbocycles. The molecule has 0 aliphatic heterocycles. The van der Waals surface area contributed by atoms with Gasteiger partial charge in [0, 0.05) is 24.2 Å². The molecule has 6 nitrogen and oxygen atoms in total. The summed E-state index contributed by atoms with van der Waals surface area (Å²) in [5.41, 5.74) is 3.23. The molecule has 0 fully saturated rings. The van der Waals surface area contributed by atoms with Crippen molar-refractivity contribution < 1.29 is 13.2 Å². The predicted molar refractivity (Wildman–Crippen MR) is 134 cm³/mol. The number of nitrogens with one attached hydrogen (secondary N) is 1. The van der Waals surface area contributed by atoms with Crippen molar-refractivity contribution in [2.45, 2.75) is 25.7 Å². The van der Waals surface area contributed by atoms with E-state index in [9.17, 15) is 13.2 Å². The van der Waals surface area contributed by atoms with Gasteiger partial charge in [0.05, 0.1) is 20.8 Å². The number of anilines is 1. The van der Waals surface area contributed by atoms with Crippen molar-refractivity contribution in [1.82, 2.24) is 9.29 Å². The number of sulfonamides is 1. The first-order valence-electron chi connectivity index (χ1n) is 10.7. The largest absolute Gasteiger partial charge is 0.321 e. The van der Waals surface area contributed by atoms with Crippen LogP contribution in [0, 0.1) is 6.92 Å². The minimum atomic E-state index is -3.68. The Morgan fingerprint density at radius 2 is 1.70 bits per heavy atom. The molecule has 0 bridgehead atoms. The molecule has 0 spiro atoms. The van der Waals surface area contributed by atoms with Gasteiger partial charge in [-0.25, -0.2) is 13.4 Å². The summed E-state index contributed by atoms with van der Waals surface area (Å²) in [4.78, 5) is 18.0. The SMILES string of the molecule is CCN(CC)S(=O)(=O)c1cc(C(=O)Nc2ccccc2-c2nc3ccccc3s2)ccc1C. The van der Waals surface area contributed by atoms with Crippen molar-refractivity contribution in [3.8, 4) is 10.6 Å². The molecule has 1 aromatic heterocycles. The summed E-state index contributed by atoms with van der Waals surface area (Å²) in [5, 5.41) is 3.75. The number of hydrogen-bond donors (Lipinski definition) is 1. The van der Waals surface area contributed by atoms with Gasteiger partial charge in [0.2, 0.25) is 10.0 Å². The second kappa shape index (κ2) is 9.43. The van der Waals surface area contributed by atoms with Gasteiger partial charge in [-0.05, 0) is 48.9 Å². The molecule has 0 saturated heterocycles. The number of aryl methyl sites for hydroxylation is 1. The van der Waals surface area contributed by atoms with Crippen LogP contribution in [0.15, 0.2) is 71.6 Å². The normalized spacial score (nSPS) is 11.8. The van der Waals surface area contributed by atoms with Gasteiger partial charge in [0.15, 0.2) is 0 Å². The minimum absolute atomic E-state index is 0.151. The van der Waals surface area contributed by atoms with Gasteiger partial charge < -0.3 is 5.32 Å². The molecule has 170 valence electrons. The first-order valence-corrected chi connectivity index (χ1v) is 13.0. The number of carbonyl (C=O) groups excluding carboxylic acids is 1. The average molecular weight is 480 g/mol. The highest BCUT2D eigenvalue weighted by Crippen LogP contribution is 2.34. The maximum Gasteiger partial charge on any atom is 0.255 e. The van der Waals surface area contributed by atoms with Gasteiger partial charge in [-0.1, -0.05) is 44.2 Å². The summed E-state index contributed by atoms with van der Waals surface area (Å²) in [5.74, 6) is -0.375. The second-order valence-corrected chi connectivity index (χ2v) is 10.5. The fourth-order valence-electron chi connectivity index (χ4n) is 3.68. The number of carbonyl (C=O) groups is 1. The Balaban J connectivity index is 1.68. The number of aromatic nitrogens is 1. The highest BCUT2D eigenvalue weighted by atomic mass is 32.2. The molecule has 4 aromatic rings. The average Bonchev–Trinajstić information content (AvgIpc) is 3.24. The van der Waals surface area contributed by atoms with E-state index in [4.69, 9.17) is 4.98 Å². The molecule has 8 heteroatoms. The number of fused-ring (bicyclic) bond motifs is 1. The topological polar surface area (TPSA) is 79.4 Å². The van der Waals surface area contributed by atoms with E-state index in [0.29, 0.717) is 24.3 Å². The van der Waals surface area contributed by atoms with Crippen molar-refractivity contribution in [1.29, 1.82) is 0 Å². The Hall–Kier alpha value is -3.07. The van der Waals surface area contributed by atoms with Crippen molar-refractivity contribution >= 4 is 43.2 Å². The molecule has 0 aliphatic rings. The summed E-state index contributed by atoms with van der Waals surface area (Å²) in [6.45, 7) is 6.06. The highest BCUT2D eigenvalue weighted by Gasteiger charge is 2.25. The van der Waals surface area contributed by atoms with Crippen LogP contribution in [0.5, 0.6) is 0 Å². The Bertz CT molecular complexity index is 1390. The van der Waals surface area contributed by atoms with Crippen molar-refractivity contribution in [2.75, 3.05) is 18.4 Å². The van der Waals surface area contributed by atoms with Gasteiger partial charge in [0.25, 0.3) is 5.91 Å². The summed E-state index contributed by atoms with van der Waals surface area (Å²) in [6.07, 6.45) is 0. The lowest BCUT2D eigenvalue weighted by atomic mass is 10.1. The molecule has 0 aliphatic carbocycles. The Morgan fingerprint density at radius 1 is 1.00 bits per heavy atom. The monoisotopic (exact) mass is 479 g/mol. The summed E-state index contributed by atoms with van der Waals surface area (Å²) in [6, 6.07) is 20.1. The molecule has 0 unspecified atom stereocenters. The van der Waals surface area contributed by atoms with E-state index in [2.05, 4.69) is 5.32 Å². The van der Waals surface area contributed by atoms with Gasteiger partial charge in [-0.15, -0.1) is 11.3 Å². The van der Waals surface area contributed by atoms with E-state index in [1.807, 2.05) is 48.5 Å². The van der Waals surface area contributed by atoms with Crippen LogP contribution in [0.25, 0.3) is 20.8 Å². The molecular weight excluding hydrogens is 454 g/mol. The van der Waals surface area contributed by atoms with Crippen LogP contribution in [0.4, 0.5) is 5.69 Å². The fourth-order valence-corrected chi connectivity index (χ4v) is 6.40. The second-order valence-electron chi connectivity index (χ2n) is 7.56. The van der Waals surface area contributed by atoms with Crippen LogP contribution in [-0.4, -0.2) is 36.7 Å². The summed E-state index contributed by atoms with van der Waals surface area (Å²) >= 11 is 1.56. The van der Waals surface area contributed by atoms with Crippen LogP contribution >= 0.6 is 11.3 Å². The lowest BCUT2D eigenvalue weighted by Crippen LogP contribution is -2.31. The highest BCUT2D eigenvalue weighted by molar-refractivity contribution is 7.89. The minimum Gasteiger partial charge on any atom is -0.321 e. The quantitative estimate of drug-likeness (QED) is 0.377. The van der Waals surface area contributed by atoms with E-state index in [0.717, 1.165) is 20.8 Å². The van der Waals surface area contributed by atoms with Crippen LogP contribution in [0.2, 0.25) is 0 Å². The van der Waals surface area contributed by atoms with Gasteiger partial charge in [0.1, 0.15) is 5.01 Å². The van der Waals surface area contributed by atoms with Crippen molar-refractivity contribution in [3.63, 3.8) is 0 Å². The zero-order valence-electron chi connectivity index (χ0n) is 18.7. The lowest BCUT2D eigenvalue weighted by Gasteiger charge is -2.20. The number of thiazole rings is 1. The zero-order chi connectivity index (χ0) is 23.6. The van der Waals surface area contributed by atoms with Crippen molar-refractivity contribution in [2.24, 2.45) is 0 Å². The van der Waals surface area contributed by atoms with E-state index < -0.39 is 10.0 Å². The number of benzene rings is 3. The molecule has 1 amide bonds. The van der Waals surface area contributed by atoms with Crippen LogP contribution in [-0.2, 0) is 10.0 Å². The third-order valence-corrected chi connectivity index (χ3v) is 8.73. The Kier molecular flexibility index (Phi) is 6.60. The smallest absolute Gasteiger partial charge is 0.255 e. The van der Waals surface area contributed by atoms with E-state index in [1.54, 1.807) is 44.2 Å². The first kappa shape index (κ1) is 23.1. The standard InChI is InChI=1S/C25H25N3O3S2/c1-4-28(5-2)33(30,31)23-16-18(15-14-17(23)3)24(29)26-20-11-7-6-10-19(20)25-27-21-12-8-9-13-22(21)32-25/h6-16H,4-5H2,1-3H3,(H,26,29). The third-order valence-electron chi connectivity index (χ3n) is 5.47. The molecule has 0 atom stereocenters. The van der Waals surface area contributed by atoms with Crippen LogP contribution in [0.3, 0.4) is 0 Å². The molecular formula is C25H25N3O3S2. The number of hydrogen-bond acceptors (Lipinski definition) is 5.